The topological polar surface area (TPSA) is 26.3 Å². The minimum atomic E-state index is -0.535. The van der Waals surface area contributed by atoms with Crippen molar-refractivity contribution in [3.05, 3.63) is 53.6 Å². The standard InChI is InChI=1S/C13H12O2/c1-3-5-6-7-8-9-10-11-12-15-13(14)4-2/h4,6,12H,2-3,5H2,1H3. The van der Waals surface area contributed by atoms with E-state index in [0.29, 0.717) is 0 Å². The molecule has 0 aliphatic carbocycles. The zero-order valence-corrected chi connectivity index (χ0v) is 8.67. The van der Waals surface area contributed by atoms with Gasteiger partial charge in [-0.1, -0.05) is 25.7 Å². The molecule has 0 aromatic rings. The lowest BCUT2D eigenvalue weighted by atomic mass is 10.3. The van der Waals surface area contributed by atoms with Crippen LogP contribution >= 0.6 is 0 Å². The van der Waals surface area contributed by atoms with Gasteiger partial charge < -0.3 is 4.74 Å². The first-order valence-electron chi connectivity index (χ1n) is 4.53. The smallest absolute Gasteiger partial charge is 0.335 e. The van der Waals surface area contributed by atoms with Crippen LogP contribution in [0.5, 0.6) is 0 Å². The molecule has 0 spiro atoms. The molecule has 15 heavy (non-hydrogen) atoms. The normalized spacial score (nSPS) is 6.73. The third kappa shape index (κ3) is 9.77. The number of unbranched alkanes of at least 4 members (excludes halogenated alkanes) is 1. The van der Waals surface area contributed by atoms with E-state index in [0.717, 1.165) is 25.2 Å². The van der Waals surface area contributed by atoms with Crippen molar-refractivity contribution in [3.63, 3.8) is 0 Å². The molecule has 76 valence electrons. The molecule has 0 rings (SSSR count). The summed E-state index contributed by atoms with van der Waals surface area (Å²) in [4.78, 5) is 10.5. The highest BCUT2D eigenvalue weighted by molar-refractivity contribution is 5.81. The molecule has 0 amide bonds. The molecule has 0 aromatic heterocycles. The highest BCUT2D eigenvalue weighted by Gasteiger charge is 1.86. The molecule has 0 aliphatic heterocycles. The van der Waals surface area contributed by atoms with Gasteiger partial charge in [0.05, 0.1) is 0 Å². The van der Waals surface area contributed by atoms with E-state index in [1.807, 2.05) is 6.08 Å². The van der Waals surface area contributed by atoms with Crippen LogP contribution in [-0.2, 0) is 9.53 Å². The van der Waals surface area contributed by atoms with E-state index in [2.05, 4.69) is 46.9 Å². The lowest BCUT2D eigenvalue weighted by molar-refractivity contribution is -0.132. The van der Waals surface area contributed by atoms with E-state index in [1.165, 1.54) is 0 Å². The van der Waals surface area contributed by atoms with Crippen molar-refractivity contribution in [2.45, 2.75) is 19.8 Å². The Hall–Kier alpha value is -2.15. The van der Waals surface area contributed by atoms with E-state index in [9.17, 15) is 4.79 Å². The largest absolute Gasteiger partial charge is 0.422 e. The van der Waals surface area contributed by atoms with E-state index in [4.69, 9.17) is 0 Å². The maximum Gasteiger partial charge on any atom is 0.335 e. The number of carbonyl (C=O) groups excluding carboxylic acids is 1. The van der Waals surface area contributed by atoms with Crippen LogP contribution in [0.4, 0.5) is 0 Å². The van der Waals surface area contributed by atoms with Gasteiger partial charge in [0.15, 0.2) is 0 Å². The van der Waals surface area contributed by atoms with Crippen molar-refractivity contribution in [1.82, 2.24) is 0 Å². The molecule has 0 aliphatic rings. The van der Waals surface area contributed by atoms with Gasteiger partial charge in [-0.05, 0) is 35.4 Å². The Morgan fingerprint density at radius 3 is 2.73 bits per heavy atom. The molecule has 0 saturated heterocycles. The molecule has 0 bridgehead atoms. The fourth-order valence-electron chi connectivity index (χ4n) is 0.536. The van der Waals surface area contributed by atoms with Gasteiger partial charge in [0, 0.05) is 6.08 Å². The number of hydrogen-bond acceptors (Lipinski definition) is 2. The quantitative estimate of drug-likeness (QED) is 0.302. The SMILES string of the molecule is C=CC(=O)OC=C=C=C=C=C=CCCC. The first-order valence-corrected chi connectivity index (χ1v) is 4.53. The minimum Gasteiger partial charge on any atom is -0.422 e. The Bertz CT molecular complexity index is 411. The maximum absolute atomic E-state index is 10.5. The summed E-state index contributed by atoms with van der Waals surface area (Å²) in [7, 11) is 0. The van der Waals surface area contributed by atoms with Crippen LogP contribution in [0.2, 0.25) is 0 Å². The van der Waals surface area contributed by atoms with Gasteiger partial charge in [-0.3, -0.25) is 0 Å². The molecule has 0 radical (unpaired) electrons. The second-order valence-corrected chi connectivity index (χ2v) is 2.42. The van der Waals surface area contributed by atoms with Gasteiger partial charge >= 0.3 is 5.97 Å². The molecule has 0 saturated carbocycles. The first-order chi connectivity index (χ1) is 7.31. The third-order valence-corrected chi connectivity index (χ3v) is 1.21. The van der Waals surface area contributed by atoms with Crippen LogP contribution in [0.15, 0.2) is 53.6 Å². The number of esters is 1. The number of carbonyl (C=O) groups is 1. The Kier molecular flexibility index (Phi) is 8.51. The van der Waals surface area contributed by atoms with Crippen LogP contribution < -0.4 is 0 Å². The van der Waals surface area contributed by atoms with Crippen LogP contribution in [0.1, 0.15) is 19.8 Å². The van der Waals surface area contributed by atoms with Crippen molar-refractivity contribution in [1.29, 1.82) is 0 Å². The monoisotopic (exact) mass is 200 g/mol. The summed E-state index contributed by atoms with van der Waals surface area (Å²) in [6, 6.07) is 0. The summed E-state index contributed by atoms with van der Waals surface area (Å²) in [6.45, 7) is 5.31. The molecule has 2 nitrogen and oxygen atoms in total. The number of allylic oxidation sites excluding steroid dienone is 1. The zero-order chi connectivity index (χ0) is 11.4. The van der Waals surface area contributed by atoms with Gasteiger partial charge in [0.25, 0.3) is 0 Å². The van der Waals surface area contributed by atoms with Gasteiger partial charge in [-0.2, -0.15) is 0 Å². The molecule has 0 heterocycles. The van der Waals surface area contributed by atoms with E-state index in [-0.39, 0.29) is 0 Å². The number of ether oxygens (including phenoxy) is 1. The summed E-state index contributed by atoms with van der Waals surface area (Å²) < 4.78 is 4.48. The molecular formula is C13H12O2. The maximum atomic E-state index is 10.5. The third-order valence-electron chi connectivity index (χ3n) is 1.21. The number of rotatable bonds is 4. The Balaban J connectivity index is 4.38. The average Bonchev–Trinajstić information content (AvgIpc) is 2.26. The van der Waals surface area contributed by atoms with Crippen molar-refractivity contribution >= 4 is 5.97 Å². The summed E-state index contributed by atoms with van der Waals surface area (Å²) in [5.41, 5.74) is 12.8. The lowest BCUT2D eigenvalue weighted by Gasteiger charge is -1.84. The van der Waals surface area contributed by atoms with Crippen LogP contribution in [0.3, 0.4) is 0 Å². The Labute approximate surface area is 89.6 Å². The minimum absolute atomic E-state index is 0.535. The Morgan fingerprint density at radius 1 is 1.33 bits per heavy atom. The Morgan fingerprint density at radius 2 is 2.07 bits per heavy atom. The fourth-order valence-corrected chi connectivity index (χ4v) is 0.536. The summed E-state index contributed by atoms with van der Waals surface area (Å²) >= 11 is 0. The second-order valence-electron chi connectivity index (χ2n) is 2.42. The van der Waals surface area contributed by atoms with Crippen molar-refractivity contribution < 1.29 is 9.53 Å². The molecule has 2 heteroatoms. The highest BCUT2D eigenvalue weighted by atomic mass is 16.5. The molecule has 0 N–H and O–H groups in total. The van der Waals surface area contributed by atoms with E-state index < -0.39 is 5.97 Å². The van der Waals surface area contributed by atoms with Crippen LogP contribution in [-0.4, -0.2) is 5.97 Å². The van der Waals surface area contributed by atoms with Gasteiger partial charge in [0.2, 0.25) is 0 Å². The lowest BCUT2D eigenvalue weighted by Crippen LogP contribution is -1.90. The predicted octanol–water partition coefficient (Wildman–Crippen LogP) is 2.80. The highest BCUT2D eigenvalue weighted by Crippen LogP contribution is 1.84. The van der Waals surface area contributed by atoms with E-state index >= 15 is 0 Å². The van der Waals surface area contributed by atoms with Gasteiger partial charge in [0.1, 0.15) is 6.26 Å². The summed E-state index contributed by atoms with van der Waals surface area (Å²) in [5, 5.41) is 0. The fraction of sp³-hybridized carbons (Fsp3) is 0.231. The summed E-state index contributed by atoms with van der Waals surface area (Å²) in [5.74, 6) is -0.535. The zero-order valence-electron chi connectivity index (χ0n) is 8.67. The predicted molar refractivity (Wildman–Crippen MR) is 57.9 cm³/mol. The molecule has 0 atom stereocenters. The molecule has 0 aromatic carbocycles. The van der Waals surface area contributed by atoms with Crippen LogP contribution in [0.25, 0.3) is 0 Å². The van der Waals surface area contributed by atoms with Gasteiger partial charge in [-0.15, -0.1) is 0 Å². The van der Waals surface area contributed by atoms with Crippen molar-refractivity contribution in [2.24, 2.45) is 0 Å². The van der Waals surface area contributed by atoms with Crippen molar-refractivity contribution in [3.8, 4) is 0 Å². The first kappa shape index (κ1) is 12.8. The van der Waals surface area contributed by atoms with Crippen molar-refractivity contribution in [2.75, 3.05) is 0 Å². The summed E-state index contributed by atoms with van der Waals surface area (Å²) in [6.07, 6.45) is 6.03. The molecule has 0 unspecified atom stereocenters. The van der Waals surface area contributed by atoms with Crippen LogP contribution in [0, 0.1) is 0 Å². The average molecular weight is 200 g/mol. The van der Waals surface area contributed by atoms with E-state index in [1.54, 1.807) is 0 Å². The molecular weight excluding hydrogens is 188 g/mol. The second kappa shape index (κ2) is 9.93. The van der Waals surface area contributed by atoms with Gasteiger partial charge in [-0.25, -0.2) is 4.79 Å². The molecule has 0 fully saturated rings. The number of hydrogen-bond donors (Lipinski definition) is 0.